The fourth-order valence-corrected chi connectivity index (χ4v) is 4.35. The SMILES string of the molecule is Cc1c(-c2ccccc2)c2ccccc2n2cnc(C(=O)N(C)Cc3ccccc3)c12. The van der Waals surface area contributed by atoms with Gasteiger partial charge in [-0.15, -0.1) is 0 Å². The smallest absolute Gasteiger partial charge is 0.274 e. The minimum Gasteiger partial charge on any atom is -0.336 e. The number of hydrogen-bond acceptors (Lipinski definition) is 2. The standard InChI is InChI=1S/C27H23N3O/c1-19-24(21-13-7-4-8-14-21)22-15-9-10-16-23(22)30-18-28-25(26(19)30)27(31)29(2)17-20-11-5-3-6-12-20/h3-16,18H,17H2,1-2H3. The zero-order valence-corrected chi connectivity index (χ0v) is 17.6. The summed E-state index contributed by atoms with van der Waals surface area (Å²) in [6.07, 6.45) is 1.77. The highest BCUT2D eigenvalue weighted by atomic mass is 16.2. The normalized spacial score (nSPS) is 11.2. The lowest BCUT2D eigenvalue weighted by molar-refractivity contribution is 0.0782. The van der Waals surface area contributed by atoms with E-state index in [1.54, 1.807) is 11.2 Å². The first-order chi connectivity index (χ1) is 15.1. The second kappa shape index (κ2) is 7.73. The van der Waals surface area contributed by atoms with Crippen LogP contribution >= 0.6 is 0 Å². The Hall–Kier alpha value is -3.92. The molecule has 0 saturated carbocycles. The van der Waals surface area contributed by atoms with E-state index in [0.29, 0.717) is 12.2 Å². The summed E-state index contributed by atoms with van der Waals surface area (Å²) in [5.41, 5.74) is 6.81. The van der Waals surface area contributed by atoms with Crippen LogP contribution in [-0.4, -0.2) is 27.2 Å². The third-order valence-corrected chi connectivity index (χ3v) is 5.80. The van der Waals surface area contributed by atoms with Crippen LogP contribution in [0.15, 0.2) is 91.3 Å². The maximum absolute atomic E-state index is 13.4. The largest absolute Gasteiger partial charge is 0.336 e. The number of amides is 1. The van der Waals surface area contributed by atoms with Gasteiger partial charge in [0.1, 0.15) is 6.33 Å². The maximum Gasteiger partial charge on any atom is 0.274 e. The van der Waals surface area contributed by atoms with E-state index in [-0.39, 0.29) is 5.91 Å². The molecule has 0 aliphatic heterocycles. The molecule has 0 N–H and O–H groups in total. The van der Waals surface area contributed by atoms with Crippen molar-refractivity contribution < 1.29 is 4.79 Å². The molecule has 152 valence electrons. The van der Waals surface area contributed by atoms with Crippen LogP contribution in [0.1, 0.15) is 21.6 Å². The Kier molecular flexibility index (Phi) is 4.75. The van der Waals surface area contributed by atoms with Crippen LogP contribution in [0, 0.1) is 6.92 Å². The molecule has 4 nitrogen and oxygen atoms in total. The summed E-state index contributed by atoms with van der Waals surface area (Å²) in [4.78, 5) is 19.7. The zero-order chi connectivity index (χ0) is 21.4. The van der Waals surface area contributed by atoms with Gasteiger partial charge in [0.25, 0.3) is 5.91 Å². The van der Waals surface area contributed by atoms with Crippen LogP contribution < -0.4 is 0 Å². The summed E-state index contributed by atoms with van der Waals surface area (Å²) in [6.45, 7) is 2.62. The average molecular weight is 406 g/mol. The van der Waals surface area contributed by atoms with Gasteiger partial charge in [0.15, 0.2) is 5.69 Å². The van der Waals surface area contributed by atoms with Crippen molar-refractivity contribution in [2.45, 2.75) is 13.5 Å². The molecule has 1 amide bonds. The Morgan fingerprint density at radius 1 is 0.903 bits per heavy atom. The maximum atomic E-state index is 13.4. The molecule has 0 saturated heterocycles. The van der Waals surface area contributed by atoms with E-state index in [1.807, 2.05) is 66.0 Å². The summed E-state index contributed by atoms with van der Waals surface area (Å²) < 4.78 is 2.04. The Balaban J connectivity index is 1.69. The van der Waals surface area contributed by atoms with E-state index in [2.05, 4.69) is 42.2 Å². The van der Waals surface area contributed by atoms with E-state index in [9.17, 15) is 4.79 Å². The molecule has 2 aromatic heterocycles. The molecule has 4 heteroatoms. The highest BCUT2D eigenvalue weighted by molar-refractivity contribution is 6.06. The van der Waals surface area contributed by atoms with Crippen molar-refractivity contribution in [2.75, 3.05) is 7.05 Å². The van der Waals surface area contributed by atoms with Crippen LogP contribution in [-0.2, 0) is 6.54 Å². The van der Waals surface area contributed by atoms with Gasteiger partial charge in [-0.25, -0.2) is 4.98 Å². The highest BCUT2D eigenvalue weighted by Crippen LogP contribution is 2.35. The van der Waals surface area contributed by atoms with Gasteiger partial charge in [0.2, 0.25) is 0 Å². The number of aryl methyl sites for hydroxylation is 1. The summed E-state index contributed by atoms with van der Waals surface area (Å²) in [7, 11) is 1.83. The molecule has 0 radical (unpaired) electrons. The highest BCUT2D eigenvalue weighted by Gasteiger charge is 2.23. The zero-order valence-electron chi connectivity index (χ0n) is 17.6. The first-order valence-corrected chi connectivity index (χ1v) is 10.4. The molecule has 2 heterocycles. The van der Waals surface area contributed by atoms with Crippen LogP contribution in [0.2, 0.25) is 0 Å². The van der Waals surface area contributed by atoms with Crippen LogP contribution in [0.25, 0.3) is 27.5 Å². The molecule has 5 aromatic rings. The third kappa shape index (κ3) is 3.26. The molecule has 0 unspecified atom stereocenters. The minimum atomic E-state index is -0.0799. The monoisotopic (exact) mass is 405 g/mol. The molecule has 0 fully saturated rings. The van der Waals surface area contributed by atoms with Crippen molar-refractivity contribution in [1.29, 1.82) is 0 Å². The predicted molar refractivity (Wildman–Crippen MR) is 125 cm³/mol. The summed E-state index contributed by atoms with van der Waals surface area (Å²) in [5.74, 6) is -0.0799. The Labute approximate surface area is 181 Å². The number of nitrogens with zero attached hydrogens (tertiary/aromatic N) is 3. The van der Waals surface area contributed by atoms with Gasteiger partial charge in [-0.1, -0.05) is 78.9 Å². The van der Waals surface area contributed by atoms with E-state index < -0.39 is 0 Å². The molecule has 0 aliphatic rings. The molecule has 0 aliphatic carbocycles. The molecule has 5 rings (SSSR count). The Morgan fingerprint density at radius 3 is 2.29 bits per heavy atom. The number of carbonyl (C=O) groups is 1. The number of fused-ring (bicyclic) bond motifs is 3. The lowest BCUT2D eigenvalue weighted by atomic mass is 9.95. The second-order valence-electron chi connectivity index (χ2n) is 7.84. The third-order valence-electron chi connectivity index (χ3n) is 5.80. The van der Waals surface area contributed by atoms with Crippen molar-refractivity contribution >= 4 is 22.3 Å². The van der Waals surface area contributed by atoms with Crippen molar-refractivity contribution in [2.24, 2.45) is 0 Å². The first kappa shape index (κ1) is 19.1. The molecule has 31 heavy (non-hydrogen) atoms. The van der Waals surface area contributed by atoms with Crippen LogP contribution in [0.4, 0.5) is 0 Å². The second-order valence-corrected chi connectivity index (χ2v) is 7.84. The lowest BCUT2D eigenvalue weighted by Crippen LogP contribution is -2.26. The number of benzene rings is 3. The van der Waals surface area contributed by atoms with Gasteiger partial charge >= 0.3 is 0 Å². The Morgan fingerprint density at radius 2 is 1.55 bits per heavy atom. The average Bonchev–Trinajstić information content (AvgIpc) is 3.26. The van der Waals surface area contributed by atoms with Crippen LogP contribution in [0.5, 0.6) is 0 Å². The lowest BCUT2D eigenvalue weighted by Gasteiger charge is -2.18. The van der Waals surface area contributed by atoms with E-state index in [0.717, 1.165) is 38.7 Å². The predicted octanol–water partition coefficient (Wildman–Crippen LogP) is 5.74. The molecular weight excluding hydrogens is 382 g/mol. The number of carbonyl (C=O) groups excluding carboxylic acids is 1. The first-order valence-electron chi connectivity index (χ1n) is 10.4. The topological polar surface area (TPSA) is 37.6 Å². The molecule has 0 bridgehead atoms. The molecule has 0 atom stereocenters. The number of imidazole rings is 1. The number of aromatic nitrogens is 2. The number of hydrogen-bond donors (Lipinski definition) is 0. The number of pyridine rings is 1. The fourth-order valence-electron chi connectivity index (χ4n) is 4.35. The van der Waals surface area contributed by atoms with Crippen LogP contribution in [0.3, 0.4) is 0 Å². The van der Waals surface area contributed by atoms with Crippen molar-refractivity contribution in [3.05, 3.63) is 108 Å². The van der Waals surface area contributed by atoms with E-state index in [1.165, 1.54) is 0 Å². The summed E-state index contributed by atoms with van der Waals surface area (Å²) >= 11 is 0. The van der Waals surface area contributed by atoms with Gasteiger partial charge in [-0.05, 0) is 35.2 Å². The fraction of sp³-hybridized carbons (Fsp3) is 0.111. The van der Waals surface area contributed by atoms with Gasteiger partial charge in [0, 0.05) is 19.0 Å². The van der Waals surface area contributed by atoms with E-state index in [4.69, 9.17) is 0 Å². The summed E-state index contributed by atoms with van der Waals surface area (Å²) in [5, 5.41) is 1.15. The molecular formula is C27H23N3O. The quantitative estimate of drug-likeness (QED) is 0.383. The van der Waals surface area contributed by atoms with E-state index >= 15 is 0 Å². The Bertz CT molecular complexity index is 1390. The van der Waals surface area contributed by atoms with Crippen molar-refractivity contribution in [3.8, 4) is 11.1 Å². The number of rotatable bonds is 4. The van der Waals surface area contributed by atoms with Gasteiger partial charge < -0.3 is 4.90 Å². The van der Waals surface area contributed by atoms with Gasteiger partial charge in [-0.3, -0.25) is 9.20 Å². The number of para-hydroxylation sites is 1. The van der Waals surface area contributed by atoms with Crippen molar-refractivity contribution in [3.63, 3.8) is 0 Å². The molecule has 3 aromatic carbocycles. The molecule has 0 spiro atoms. The summed E-state index contributed by atoms with van der Waals surface area (Å²) in [6, 6.07) is 28.6. The van der Waals surface area contributed by atoms with Gasteiger partial charge in [-0.2, -0.15) is 0 Å². The van der Waals surface area contributed by atoms with Gasteiger partial charge in [0.05, 0.1) is 11.0 Å². The minimum absolute atomic E-state index is 0.0799. The van der Waals surface area contributed by atoms with Crippen molar-refractivity contribution in [1.82, 2.24) is 14.3 Å².